The van der Waals surface area contributed by atoms with E-state index in [9.17, 15) is 0 Å². The average Bonchev–Trinajstić information content (AvgIpc) is 3.08. The van der Waals surface area contributed by atoms with Gasteiger partial charge in [0.15, 0.2) is 5.96 Å². The number of hydrogen-bond donors (Lipinski definition) is 3. The summed E-state index contributed by atoms with van der Waals surface area (Å²) < 4.78 is 0. The zero-order valence-corrected chi connectivity index (χ0v) is 19.4. The van der Waals surface area contributed by atoms with Gasteiger partial charge in [0.05, 0.1) is 0 Å². The minimum atomic E-state index is 0. The Morgan fingerprint density at radius 3 is 2.59 bits per heavy atom. The number of aromatic nitrogens is 1. The number of benzene rings is 1. The van der Waals surface area contributed by atoms with Gasteiger partial charge in [-0.2, -0.15) is 0 Å². The van der Waals surface area contributed by atoms with Crippen molar-refractivity contribution >= 4 is 40.8 Å². The summed E-state index contributed by atoms with van der Waals surface area (Å²) in [6.45, 7) is 12.7. The first kappa shape index (κ1) is 23.8. The summed E-state index contributed by atoms with van der Waals surface area (Å²) in [6, 6.07) is 8.46. The number of rotatable bonds is 11. The van der Waals surface area contributed by atoms with Crippen LogP contribution in [-0.2, 0) is 6.42 Å². The molecule has 0 amide bonds. The Hall–Kier alpha value is -1.28. The minimum Gasteiger partial charge on any atom is -0.361 e. The summed E-state index contributed by atoms with van der Waals surface area (Å²) in [4.78, 5) is 10.5. The number of hydrogen-bond acceptors (Lipinski definition) is 2. The molecule has 0 saturated heterocycles. The molecule has 0 atom stereocenters. The highest BCUT2D eigenvalue weighted by Gasteiger charge is 2.03. The van der Waals surface area contributed by atoms with E-state index < -0.39 is 0 Å². The summed E-state index contributed by atoms with van der Waals surface area (Å²) >= 11 is 0. The van der Waals surface area contributed by atoms with Crippen LogP contribution in [0.2, 0.25) is 0 Å². The highest BCUT2D eigenvalue weighted by atomic mass is 127. The number of aromatic amines is 1. The van der Waals surface area contributed by atoms with Gasteiger partial charge in [-0.3, -0.25) is 4.99 Å². The Labute approximate surface area is 181 Å². The molecule has 1 heterocycles. The van der Waals surface area contributed by atoms with Crippen LogP contribution in [0.3, 0.4) is 0 Å². The third-order valence-electron chi connectivity index (χ3n) is 4.75. The molecule has 1 aromatic carbocycles. The highest BCUT2D eigenvalue weighted by Crippen LogP contribution is 2.17. The van der Waals surface area contributed by atoms with Crippen molar-refractivity contribution in [1.82, 2.24) is 20.5 Å². The maximum Gasteiger partial charge on any atom is 0.191 e. The lowest BCUT2D eigenvalue weighted by molar-refractivity contribution is 0.297. The van der Waals surface area contributed by atoms with E-state index >= 15 is 0 Å². The zero-order valence-electron chi connectivity index (χ0n) is 17.1. The van der Waals surface area contributed by atoms with Crippen LogP contribution in [0.5, 0.6) is 0 Å². The van der Waals surface area contributed by atoms with Crippen LogP contribution in [0.25, 0.3) is 10.9 Å². The Bertz CT molecular complexity index is 663. The van der Waals surface area contributed by atoms with Crippen molar-refractivity contribution in [3.63, 3.8) is 0 Å². The molecule has 2 rings (SSSR count). The molecule has 27 heavy (non-hydrogen) atoms. The van der Waals surface area contributed by atoms with Crippen LogP contribution >= 0.6 is 24.0 Å². The quantitative estimate of drug-likeness (QED) is 0.195. The van der Waals surface area contributed by atoms with Crippen molar-refractivity contribution in [2.75, 3.05) is 39.3 Å². The molecule has 6 heteroatoms. The Morgan fingerprint density at radius 2 is 1.85 bits per heavy atom. The van der Waals surface area contributed by atoms with E-state index in [4.69, 9.17) is 4.99 Å². The van der Waals surface area contributed by atoms with E-state index in [2.05, 4.69) is 71.8 Å². The van der Waals surface area contributed by atoms with Gasteiger partial charge in [0, 0.05) is 36.7 Å². The molecule has 3 N–H and O–H groups in total. The van der Waals surface area contributed by atoms with E-state index in [0.29, 0.717) is 0 Å². The zero-order chi connectivity index (χ0) is 18.6. The second-order valence-electron chi connectivity index (χ2n) is 6.53. The number of aliphatic imine (C=N–C) groups is 1. The second kappa shape index (κ2) is 13.8. The molecule has 0 radical (unpaired) electrons. The molecule has 0 aliphatic heterocycles. The van der Waals surface area contributed by atoms with Crippen molar-refractivity contribution in [2.45, 2.75) is 40.0 Å². The van der Waals surface area contributed by atoms with Crippen molar-refractivity contribution < 1.29 is 0 Å². The molecule has 0 saturated carbocycles. The SMILES string of the molecule is CCNC(=NCCCCN(CC)CC)NCCc1c[nH]c2ccccc12.I. The summed E-state index contributed by atoms with van der Waals surface area (Å²) in [5, 5.41) is 8.12. The van der Waals surface area contributed by atoms with Crippen LogP contribution in [0, 0.1) is 0 Å². The van der Waals surface area contributed by atoms with E-state index in [0.717, 1.165) is 51.5 Å². The van der Waals surface area contributed by atoms with E-state index in [1.54, 1.807) is 0 Å². The lowest BCUT2D eigenvalue weighted by atomic mass is 10.1. The second-order valence-corrected chi connectivity index (χ2v) is 6.53. The van der Waals surface area contributed by atoms with E-state index in [1.165, 1.54) is 29.4 Å². The molecule has 0 unspecified atom stereocenters. The van der Waals surface area contributed by atoms with Gasteiger partial charge in [0.1, 0.15) is 0 Å². The molecule has 0 fully saturated rings. The third-order valence-corrected chi connectivity index (χ3v) is 4.75. The number of H-pyrrole nitrogens is 1. The number of para-hydroxylation sites is 1. The average molecular weight is 485 g/mol. The Kier molecular flexibility index (Phi) is 12.2. The van der Waals surface area contributed by atoms with Crippen LogP contribution < -0.4 is 10.6 Å². The van der Waals surface area contributed by atoms with Crippen molar-refractivity contribution in [3.05, 3.63) is 36.0 Å². The number of guanidine groups is 1. The first-order chi connectivity index (χ1) is 12.8. The Morgan fingerprint density at radius 1 is 1.07 bits per heavy atom. The molecule has 1 aromatic heterocycles. The molecule has 2 aromatic rings. The van der Waals surface area contributed by atoms with Crippen LogP contribution in [0.1, 0.15) is 39.2 Å². The van der Waals surface area contributed by atoms with Gasteiger partial charge in [-0.15, -0.1) is 24.0 Å². The smallest absolute Gasteiger partial charge is 0.191 e. The number of unbranched alkanes of at least 4 members (excludes halogenated alkanes) is 1. The molecular weight excluding hydrogens is 449 g/mol. The van der Waals surface area contributed by atoms with Crippen LogP contribution in [-0.4, -0.2) is 55.1 Å². The van der Waals surface area contributed by atoms with Gasteiger partial charge in [-0.05, 0) is 57.5 Å². The standard InChI is InChI=1S/C21H35N5.HI/c1-4-22-21(23-14-9-10-16-26(5-2)6-3)24-15-13-18-17-25-20-12-8-7-11-19(18)20;/h7-8,11-12,17,25H,4-6,9-10,13-16H2,1-3H3,(H2,22,23,24);1H. The molecule has 152 valence electrons. The predicted octanol–water partition coefficient (Wildman–Crippen LogP) is 4.01. The minimum absolute atomic E-state index is 0. The fourth-order valence-electron chi connectivity index (χ4n) is 3.17. The molecule has 5 nitrogen and oxygen atoms in total. The van der Waals surface area contributed by atoms with Gasteiger partial charge < -0.3 is 20.5 Å². The molecule has 0 spiro atoms. The first-order valence-corrected chi connectivity index (χ1v) is 10.1. The van der Waals surface area contributed by atoms with E-state index in [1.807, 2.05) is 0 Å². The summed E-state index contributed by atoms with van der Waals surface area (Å²) in [7, 11) is 0. The summed E-state index contributed by atoms with van der Waals surface area (Å²) in [5.74, 6) is 0.926. The fourth-order valence-corrected chi connectivity index (χ4v) is 3.17. The van der Waals surface area contributed by atoms with Crippen LogP contribution in [0.15, 0.2) is 35.5 Å². The van der Waals surface area contributed by atoms with Gasteiger partial charge in [0.2, 0.25) is 0 Å². The topological polar surface area (TPSA) is 55.5 Å². The summed E-state index contributed by atoms with van der Waals surface area (Å²) in [5.41, 5.74) is 2.56. The third kappa shape index (κ3) is 8.09. The van der Waals surface area contributed by atoms with Crippen molar-refractivity contribution in [2.24, 2.45) is 4.99 Å². The van der Waals surface area contributed by atoms with Gasteiger partial charge in [0.25, 0.3) is 0 Å². The Balaban J connectivity index is 0.00000364. The highest BCUT2D eigenvalue weighted by molar-refractivity contribution is 14.0. The monoisotopic (exact) mass is 485 g/mol. The van der Waals surface area contributed by atoms with E-state index in [-0.39, 0.29) is 24.0 Å². The van der Waals surface area contributed by atoms with Crippen LogP contribution in [0.4, 0.5) is 0 Å². The van der Waals surface area contributed by atoms with Gasteiger partial charge >= 0.3 is 0 Å². The lowest BCUT2D eigenvalue weighted by Crippen LogP contribution is -2.38. The number of fused-ring (bicyclic) bond motifs is 1. The summed E-state index contributed by atoms with van der Waals surface area (Å²) in [6.07, 6.45) is 5.44. The number of halogens is 1. The normalized spacial score (nSPS) is 11.6. The van der Waals surface area contributed by atoms with Crippen molar-refractivity contribution in [1.29, 1.82) is 0 Å². The maximum absolute atomic E-state index is 4.71. The molecule has 0 bridgehead atoms. The predicted molar refractivity (Wildman–Crippen MR) is 128 cm³/mol. The molecule has 0 aliphatic carbocycles. The van der Waals surface area contributed by atoms with Gasteiger partial charge in [-0.1, -0.05) is 32.0 Å². The lowest BCUT2D eigenvalue weighted by Gasteiger charge is -2.17. The van der Waals surface area contributed by atoms with Crippen molar-refractivity contribution in [3.8, 4) is 0 Å². The number of nitrogens with zero attached hydrogens (tertiary/aromatic N) is 2. The number of nitrogens with one attached hydrogen (secondary N) is 3. The van der Waals surface area contributed by atoms with Gasteiger partial charge in [-0.25, -0.2) is 0 Å². The fraction of sp³-hybridized carbons (Fsp3) is 0.571. The first-order valence-electron chi connectivity index (χ1n) is 10.1. The maximum atomic E-state index is 4.71. The largest absolute Gasteiger partial charge is 0.361 e. The molecular formula is C21H36IN5. The molecule has 0 aliphatic rings.